The molecule has 0 radical (unpaired) electrons. The van der Waals surface area contributed by atoms with Gasteiger partial charge in [0.05, 0.1) is 6.54 Å². The number of nitrogens with one attached hydrogen (secondary N) is 1. The summed E-state index contributed by atoms with van der Waals surface area (Å²) in [7, 11) is 0. The average Bonchev–Trinajstić information content (AvgIpc) is 2.73. The van der Waals surface area contributed by atoms with Gasteiger partial charge in [0.1, 0.15) is 12.2 Å². The Labute approximate surface area is 97.2 Å². The molecule has 0 saturated carbocycles. The van der Waals surface area contributed by atoms with Crippen LogP contribution >= 0.6 is 0 Å². The Morgan fingerprint density at radius 3 is 3.06 bits per heavy atom. The summed E-state index contributed by atoms with van der Waals surface area (Å²) in [6.45, 7) is 8.42. The molecule has 0 aliphatic carbocycles. The van der Waals surface area contributed by atoms with Crippen molar-refractivity contribution in [3.63, 3.8) is 0 Å². The van der Waals surface area contributed by atoms with Gasteiger partial charge in [-0.05, 0) is 26.3 Å². The molecule has 0 aliphatic rings. The molecule has 0 unspecified atom stereocenters. The Hall–Kier alpha value is -0.940. The van der Waals surface area contributed by atoms with Gasteiger partial charge in [-0.2, -0.15) is 5.10 Å². The first-order valence-corrected chi connectivity index (χ1v) is 6.03. The van der Waals surface area contributed by atoms with Crippen LogP contribution in [0.2, 0.25) is 0 Å². The summed E-state index contributed by atoms with van der Waals surface area (Å²) < 4.78 is 7.24. The van der Waals surface area contributed by atoms with Gasteiger partial charge in [0.15, 0.2) is 0 Å². The SMILES string of the molecule is CCCNCc1ncnn1CCCOCC. The van der Waals surface area contributed by atoms with Crippen LogP contribution in [0.3, 0.4) is 0 Å². The molecule has 0 atom stereocenters. The Morgan fingerprint density at radius 2 is 2.31 bits per heavy atom. The summed E-state index contributed by atoms with van der Waals surface area (Å²) in [5.41, 5.74) is 0. The highest BCUT2D eigenvalue weighted by molar-refractivity contribution is 4.83. The predicted octanol–water partition coefficient (Wildman–Crippen LogP) is 1.20. The largest absolute Gasteiger partial charge is 0.382 e. The normalized spacial score (nSPS) is 10.9. The van der Waals surface area contributed by atoms with Gasteiger partial charge < -0.3 is 10.1 Å². The van der Waals surface area contributed by atoms with Crippen LogP contribution in [-0.4, -0.2) is 34.5 Å². The van der Waals surface area contributed by atoms with E-state index in [1.165, 1.54) is 0 Å². The van der Waals surface area contributed by atoms with E-state index in [-0.39, 0.29) is 0 Å². The number of hydrogen-bond donors (Lipinski definition) is 1. The lowest BCUT2D eigenvalue weighted by atomic mass is 10.4. The van der Waals surface area contributed by atoms with Gasteiger partial charge in [-0.15, -0.1) is 0 Å². The third kappa shape index (κ3) is 4.72. The molecule has 92 valence electrons. The Kier molecular flexibility index (Phi) is 6.76. The molecule has 5 nitrogen and oxygen atoms in total. The fourth-order valence-electron chi connectivity index (χ4n) is 1.45. The Balaban J connectivity index is 2.26. The van der Waals surface area contributed by atoms with Crippen molar-refractivity contribution in [2.24, 2.45) is 0 Å². The van der Waals surface area contributed by atoms with Crippen LogP contribution in [0.5, 0.6) is 0 Å². The minimum atomic E-state index is 0.780. The summed E-state index contributed by atoms with van der Waals surface area (Å²) >= 11 is 0. The fraction of sp³-hybridized carbons (Fsp3) is 0.818. The molecule has 1 rings (SSSR count). The zero-order chi connectivity index (χ0) is 11.6. The van der Waals surface area contributed by atoms with E-state index in [1.54, 1.807) is 6.33 Å². The standard InChI is InChI=1S/C11H22N4O/c1-3-6-12-9-11-13-10-14-15(11)7-5-8-16-4-2/h10,12H,3-9H2,1-2H3. The van der Waals surface area contributed by atoms with Crippen LogP contribution in [0.15, 0.2) is 6.33 Å². The molecule has 1 heterocycles. The average molecular weight is 226 g/mol. The number of ether oxygens (including phenoxy) is 1. The molecule has 0 spiro atoms. The highest BCUT2D eigenvalue weighted by atomic mass is 16.5. The molecule has 0 saturated heterocycles. The smallest absolute Gasteiger partial charge is 0.140 e. The van der Waals surface area contributed by atoms with Crippen LogP contribution in [-0.2, 0) is 17.8 Å². The maximum atomic E-state index is 5.29. The molecule has 0 bridgehead atoms. The minimum Gasteiger partial charge on any atom is -0.382 e. The molecular formula is C11H22N4O. The lowest BCUT2D eigenvalue weighted by molar-refractivity contribution is 0.140. The van der Waals surface area contributed by atoms with Crippen molar-refractivity contribution in [3.05, 3.63) is 12.2 Å². The van der Waals surface area contributed by atoms with Crippen molar-refractivity contribution in [2.45, 2.75) is 39.8 Å². The molecule has 16 heavy (non-hydrogen) atoms. The van der Waals surface area contributed by atoms with Crippen LogP contribution in [0.1, 0.15) is 32.5 Å². The zero-order valence-corrected chi connectivity index (χ0v) is 10.3. The van der Waals surface area contributed by atoms with Crippen molar-refractivity contribution >= 4 is 0 Å². The first kappa shape index (κ1) is 13.1. The summed E-state index contributed by atoms with van der Waals surface area (Å²) in [6, 6.07) is 0. The van der Waals surface area contributed by atoms with E-state index in [0.717, 1.165) is 51.5 Å². The van der Waals surface area contributed by atoms with Crippen molar-refractivity contribution in [1.82, 2.24) is 20.1 Å². The first-order chi connectivity index (χ1) is 7.88. The van der Waals surface area contributed by atoms with Crippen LogP contribution < -0.4 is 5.32 Å². The second kappa shape index (κ2) is 8.24. The first-order valence-electron chi connectivity index (χ1n) is 6.03. The van der Waals surface area contributed by atoms with Crippen LogP contribution in [0.4, 0.5) is 0 Å². The number of nitrogens with zero attached hydrogens (tertiary/aromatic N) is 3. The van der Waals surface area contributed by atoms with Gasteiger partial charge in [0.2, 0.25) is 0 Å². The number of aromatic nitrogens is 3. The lowest BCUT2D eigenvalue weighted by Gasteiger charge is -2.06. The van der Waals surface area contributed by atoms with Gasteiger partial charge >= 0.3 is 0 Å². The lowest BCUT2D eigenvalue weighted by Crippen LogP contribution is -2.18. The number of aryl methyl sites for hydroxylation is 1. The highest BCUT2D eigenvalue weighted by Crippen LogP contribution is 1.96. The van der Waals surface area contributed by atoms with Crippen molar-refractivity contribution < 1.29 is 4.74 Å². The van der Waals surface area contributed by atoms with Crippen molar-refractivity contribution in [1.29, 1.82) is 0 Å². The van der Waals surface area contributed by atoms with E-state index in [9.17, 15) is 0 Å². The van der Waals surface area contributed by atoms with E-state index in [2.05, 4.69) is 22.3 Å². The number of rotatable bonds is 9. The highest BCUT2D eigenvalue weighted by Gasteiger charge is 2.02. The van der Waals surface area contributed by atoms with E-state index in [0.29, 0.717) is 0 Å². The fourth-order valence-corrected chi connectivity index (χ4v) is 1.45. The molecule has 1 N–H and O–H groups in total. The van der Waals surface area contributed by atoms with Gasteiger partial charge in [-0.1, -0.05) is 6.92 Å². The van der Waals surface area contributed by atoms with E-state index >= 15 is 0 Å². The van der Waals surface area contributed by atoms with Gasteiger partial charge in [0.25, 0.3) is 0 Å². The molecule has 1 aromatic heterocycles. The minimum absolute atomic E-state index is 0.780. The maximum absolute atomic E-state index is 5.29. The Morgan fingerprint density at radius 1 is 1.44 bits per heavy atom. The van der Waals surface area contributed by atoms with Crippen molar-refractivity contribution in [3.8, 4) is 0 Å². The molecule has 0 aromatic carbocycles. The Bertz CT molecular complexity index is 275. The molecular weight excluding hydrogens is 204 g/mol. The third-order valence-corrected chi connectivity index (χ3v) is 2.27. The summed E-state index contributed by atoms with van der Waals surface area (Å²) in [5.74, 6) is 1.00. The summed E-state index contributed by atoms with van der Waals surface area (Å²) in [4.78, 5) is 4.24. The maximum Gasteiger partial charge on any atom is 0.140 e. The monoisotopic (exact) mass is 226 g/mol. The number of hydrogen-bond acceptors (Lipinski definition) is 4. The van der Waals surface area contributed by atoms with E-state index in [4.69, 9.17) is 4.74 Å². The van der Waals surface area contributed by atoms with Gasteiger partial charge in [0, 0.05) is 19.8 Å². The van der Waals surface area contributed by atoms with E-state index in [1.807, 2.05) is 11.6 Å². The van der Waals surface area contributed by atoms with Gasteiger partial charge in [-0.25, -0.2) is 9.67 Å². The quantitative estimate of drug-likeness (QED) is 0.643. The molecule has 0 aliphatic heterocycles. The second-order valence-corrected chi connectivity index (χ2v) is 3.63. The topological polar surface area (TPSA) is 52.0 Å². The van der Waals surface area contributed by atoms with Crippen LogP contribution in [0.25, 0.3) is 0 Å². The second-order valence-electron chi connectivity index (χ2n) is 3.63. The van der Waals surface area contributed by atoms with Crippen molar-refractivity contribution in [2.75, 3.05) is 19.8 Å². The predicted molar refractivity (Wildman–Crippen MR) is 63.1 cm³/mol. The molecule has 0 fully saturated rings. The van der Waals surface area contributed by atoms with E-state index < -0.39 is 0 Å². The molecule has 0 amide bonds. The molecule has 5 heteroatoms. The zero-order valence-electron chi connectivity index (χ0n) is 10.3. The third-order valence-electron chi connectivity index (χ3n) is 2.27. The summed E-state index contributed by atoms with van der Waals surface area (Å²) in [5, 5.41) is 7.53. The summed E-state index contributed by atoms with van der Waals surface area (Å²) in [6.07, 6.45) is 3.74. The van der Waals surface area contributed by atoms with Crippen LogP contribution in [0, 0.1) is 0 Å². The van der Waals surface area contributed by atoms with Gasteiger partial charge in [-0.3, -0.25) is 0 Å². The molecule has 1 aromatic rings.